The van der Waals surface area contributed by atoms with Gasteiger partial charge in [-0.3, -0.25) is 4.57 Å². The summed E-state index contributed by atoms with van der Waals surface area (Å²) in [7, 11) is -2.43. The minimum Gasteiger partial charge on any atom is -0.328 e. The van der Waals surface area contributed by atoms with E-state index in [1.807, 2.05) is 0 Å². The average molecular weight is 345 g/mol. The van der Waals surface area contributed by atoms with Gasteiger partial charge in [0.1, 0.15) is 0 Å². The monoisotopic (exact) mass is 344 g/mol. The molecule has 0 aromatic carbocycles. The van der Waals surface area contributed by atoms with Gasteiger partial charge < -0.3 is 4.52 Å². The second kappa shape index (κ2) is 13.5. The Hall–Kier alpha value is 0.190. The summed E-state index contributed by atoms with van der Waals surface area (Å²) in [6.07, 6.45) is 19.4. The number of hydrogen-bond donors (Lipinski definition) is 0. The predicted octanol–water partition coefficient (Wildman–Crippen LogP) is 7.55. The summed E-state index contributed by atoms with van der Waals surface area (Å²) < 4.78 is 19.7. The van der Waals surface area contributed by atoms with Crippen LogP contribution in [0.1, 0.15) is 110 Å². The van der Waals surface area contributed by atoms with Crippen molar-refractivity contribution in [1.82, 2.24) is 0 Å². The van der Waals surface area contributed by atoms with Gasteiger partial charge in [0.2, 0.25) is 7.37 Å². The van der Waals surface area contributed by atoms with E-state index in [9.17, 15) is 4.57 Å². The highest BCUT2D eigenvalue weighted by Crippen LogP contribution is 2.56. The fourth-order valence-electron chi connectivity index (χ4n) is 3.66. The lowest BCUT2D eigenvalue weighted by Crippen LogP contribution is -2.16. The Bertz CT molecular complexity index is 309. The summed E-state index contributed by atoms with van der Waals surface area (Å²) in [6, 6.07) is 0. The van der Waals surface area contributed by atoms with E-state index in [1.165, 1.54) is 64.2 Å². The third kappa shape index (κ3) is 9.30. The SMILES string of the molecule is CCCCCCCCP(=O)(OCCCC)C1CCCCCCC1. The maximum Gasteiger partial charge on any atom is 0.206 e. The van der Waals surface area contributed by atoms with Crippen LogP contribution in [0.5, 0.6) is 0 Å². The molecular weight excluding hydrogens is 303 g/mol. The van der Waals surface area contributed by atoms with Crippen molar-refractivity contribution in [2.75, 3.05) is 12.8 Å². The highest BCUT2D eigenvalue weighted by atomic mass is 31.2. The van der Waals surface area contributed by atoms with Crippen LogP contribution >= 0.6 is 7.37 Å². The highest BCUT2D eigenvalue weighted by Gasteiger charge is 2.33. The Morgan fingerprint density at radius 3 is 2.00 bits per heavy atom. The molecule has 1 fully saturated rings. The molecule has 1 saturated carbocycles. The van der Waals surface area contributed by atoms with Gasteiger partial charge in [0.05, 0.1) is 6.61 Å². The van der Waals surface area contributed by atoms with Crippen LogP contribution in [-0.4, -0.2) is 18.4 Å². The summed E-state index contributed by atoms with van der Waals surface area (Å²) in [5.41, 5.74) is 0.357. The van der Waals surface area contributed by atoms with Crippen LogP contribution in [-0.2, 0) is 9.09 Å². The fourth-order valence-corrected chi connectivity index (χ4v) is 6.62. The first-order valence-corrected chi connectivity index (χ1v) is 12.3. The van der Waals surface area contributed by atoms with Crippen molar-refractivity contribution in [3.05, 3.63) is 0 Å². The number of rotatable bonds is 12. The summed E-state index contributed by atoms with van der Waals surface area (Å²) in [6.45, 7) is 5.14. The van der Waals surface area contributed by atoms with Crippen LogP contribution in [0.3, 0.4) is 0 Å². The van der Waals surface area contributed by atoms with E-state index in [2.05, 4.69) is 13.8 Å². The third-order valence-corrected chi connectivity index (χ3v) is 8.45. The number of unbranched alkanes of at least 4 members (excludes halogenated alkanes) is 6. The zero-order chi connectivity index (χ0) is 16.8. The van der Waals surface area contributed by atoms with Crippen LogP contribution in [0.4, 0.5) is 0 Å². The molecule has 0 N–H and O–H groups in total. The fraction of sp³-hybridized carbons (Fsp3) is 1.00. The lowest BCUT2D eigenvalue weighted by molar-refractivity contribution is 0.292. The molecule has 2 nitrogen and oxygen atoms in total. The smallest absolute Gasteiger partial charge is 0.206 e. The lowest BCUT2D eigenvalue weighted by atomic mass is 10.0. The molecule has 0 amide bonds. The molecule has 0 bridgehead atoms. The Morgan fingerprint density at radius 1 is 0.783 bits per heavy atom. The second-order valence-corrected chi connectivity index (χ2v) is 10.3. The van der Waals surface area contributed by atoms with Gasteiger partial charge in [-0.15, -0.1) is 0 Å². The van der Waals surface area contributed by atoms with E-state index in [4.69, 9.17) is 4.52 Å². The molecule has 3 heteroatoms. The molecule has 1 rings (SSSR count). The van der Waals surface area contributed by atoms with Gasteiger partial charge >= 0.3 is 0 Å². The van der Waals surface area contributed by atoms with Crippen molar-refractivity contribution in [1.29, 1.82) is 0 Å². The zero-order valence-electron chi connectivity index (χ0n) is 15.9. The van der Waals surface area contributed by atoms with Gasteiger partial charge in [-0.05, 0) is 25.7 Å². The molecule has 0 heterocycles. The van der Waals surface area contributed by atoms with Crippen molar-refractivity contribution in [2.24, 2.45) is 0 Å². The second-order valence-electron chi connectivity index (χ2n) is 7.40. The minimum absolute atomic E-state index is 0.357. The minimum atomic E-state index is -2.43. The predicted molar refractivity (Wildman–Crippen MR) is 103 cm³/mol. The van der Waals surface area contributed by atoms with Gasteiger partial charge in [-0.1, -0.05) is 84.5 Å². The van der Waals surface area contributed by atoms with Gasteiger partial charge in [0.15, 0.2) is 0 Å². The highest BCUT2D eigenvalue weighted by molar-refractivity contribution is 7.59. The maximum atomic E-state index is 13.6. The van der Waals surface area contributed by atoms with Crippen LogP contribution in [0.25, 0.3) is 0 Å². The molecule has 0 aromatic heterocycles. The van der Waals surface area contributed by atoms with Crippen molar-refractivity contribution in [2.45, 2.75) is 116 Å². The molecule has 0 spiro atoms. The van der Waals surface area contributed by atoms with Crippen molar-refractivity contribution >= 4 is 7.37 Å². The first kappa shape index (κ1) is 21.2. The Labute approximate surface area is 145 Å². The van der Waals surface area contributed by atoms with E-state index in [-0.39, 0.29) is 0 Å². The van der Waals surface area contributed by atoms with Gasteiger partial charge in [0, 0.05) is 11.8 Å². The summed E-state index contributed by atoms with van der Waals surface area (Å²) >= 11 is 0. The van der Waals surface area contributed by atoms with E-state index in [0.29, 0.717) is 12.3 Å². The van der Waals surface area contributed by atoms with E-state index < -0.39 is 7.37 Å². The lowest BCUT2D eigenvalue weighted by Gasteiger charge is -2.29. The topological polar surface area (TPSA) is 26.3 Å². The molecule has 0 aromatic rings. The van der Waals surface area contributed by atoms with E-state index in [0.717, 1.165) is 38.3 Å². The van der Waals surface area contributed by atoms with Crippen LogP contribution in [0, 0.1) is 0 Å². The summed E-state index contributed by atoms with van der Waals surface area (Å²) in [5, 5.41) is 0. The molecule has 0 radical (unpaired) electrons. The molecule has 138 valence electrons. The van der Waals surface area contributed by atoms with Gasteiger partial charge in [-0.2, -0.15) is 0 Å². The molecule has 1 unspecified atom stereocenters. The zero-order valence-corrected chi connectivity index (χ0v) is 16.8. The van der Waals surface area contributed by atoms with Crippen LogP contribution in [0.2, 0.25) is 0 Å². The van der Waals surface area contributed by atoms with E-state index >= 15 is 0 Å². The molecule has 0 aliphatic heterocycles. The largest absolute Gasteiger partial charge is 0.328 e. The Balaban J connectivity index is 2.47. The van der Waals surface area contributed by atoms with Crippen molar-refractivity contribution < 1.29 is 9.09 Å². The first-order chi connectivity index (χ1) is 11.2. The molecule has 1 aliphatic carbocycles. The summed E-state index contributed by atoms with van der Waals surface area (Å²) in [4.78, 5) is 0. The van der Waals surface area contributed by atoms with Crippen molar-refractivity contribution in [3.8, 4) is 0 Å². The maximum absolute atomic E-state index is 13.6. The molecular formula is C20H41O2P. The molecule has 23 heavy (non-hydrogen) atoms. The quantitative estimate of drug-likeness (QED) is 0.270. The molecule has 1 atom stereocenters. The van der Waals surface area contributed by atoms with Crippen LogP contribution in [0.15, 0.2) is 0 Å². The first-order valence-electron chi connectivity index (χ1n) is 10.5. The average Bonchev–Trinajstić information content (AvgIpc) is 2.50. The Morgan fingerprint density at radius 2 is 1.35 bits per heavy atom. The third-order valence-electron chi connectivity index (χ3n) is 5.26. The van der Waals surface area contributed by atoms with Gasteiger partial charge in [0.25, 0.3) is 0 Å². The van der Waals surface area contributed by atoms with E-state index in [1.54, 1.807) is 0 Å². The standard InChI is InChI=1S/C20H41O2P/c1-3-5-7-8-12-15-19-23(21,22-18-6-4-2)20-16-13-10-9-11-14-17-20/h20H,3-19H2,1-2H3. The molecule has 0 saturated heterocycles. The Kier molecular flexibility index (Phi) is 12.4. The normalized spacial score (nSPS) is 19.9. The number of hydrogen-bond acceptors (Lipinski definition) is 2. The molecule has 1 aliphatic rings. The van der Waals surface area contributed by atoms with Crippen LogP contribution < -0.4 is 0 Å². The summed E-state index contributed by atoms with van der Waals surface area (Å²) in [5.74, 6) is 0. The van der Waals surface area contributed by atoms with Crippen molar-refractivity contribution in [3.63, 3.8) is 0 Å². The van der Waals surface area contributed by atoms with Gasteiger partial charge in [-0.25, -0.2) is 0 Å².